The average Bonchev–Trinajstić information content (AvgIpc) is 2.14. The molecule has 0 bridgehead atoms. The standard InChI is InChI=1S/C12H25NO/c1-7-13(6)12(4,5)8-10(2)11(3)9-14/h9-11H,7-8H2,1-6H3/t10-,11-/m0/s1. The lowest BCUT2D eigenvalue weighted by Gasteiger charge is -2.37. The molecule has 2 heteroatoms. The molecule has 0 aliphatic heterocycles. The summed E-state index contributed by atoms with van der Waals surface area (Å²) in [6, 6.07) is 0. The fraction of sp³-hybridized carbons (Fsp3) is 0.917. The van der Waals surface area contributed by atoms with E-state index in [0.717, 1.165) is 19.3 Å². The minimum atomic E-state index is 0.166. The predicted molar refractivity (Wildman–Crippen MR) is 61.4 cm³/mol. The molecule has 0 rings (SSSR count). The van der Waals surface area contributed by atoms with E-state index in [1.165, 1.54) is 0 Å². The van der Waals surface area contributed by atoms with Gasteiger partial charge in [-0.1, -0.05) is 20.8 Å². The van der Waals surface area contributed by atoms with Crippen LogP contribution in [0.4, 0.5) is 0 Å². The molecule has 0 amide bonds. The first-order chi connectivity index (χ1) is 6.35. The van der Waals surface area contributed by atoms with Gasteiger partial charge in [-0.25, -0.2) is 0 Å². The van der Waals surface area contributed by atoms with Crippen molar-refractivity contribution in [1.82, 2.24) is 4.90 Å². The van der Waals surface area contributed by atoms with Crippen molar-refractivity contribution in [2.24, 2.45) is 11.8 Å². The lowest BCUT2D eigenvalue weighted by molar-refractivity contribution is -0.112. The zero-order valence-electron chi connectivity index (χ0n) is 10.5. The summed E-state index contributed by atoms with van der Waals surface area (Å²) in [7, 11) is 2.14. The molecule has 0 spiro atoms. The molecule has 0 radical (unpaired) electrons. The summed E-state index contributed by atoms with van der Waals surface area (Å²) in [6.07, 6.45) is 2.13. The summed E-state index contributed by atoms with van der Waals surface area (Å²) < 4.78 is 0. The van der Waals surface area contributed by atoms with Gasteiger partial charge in [0.1, 0.15) is 6.29 Å². The second-order valence-corrected chi connectivity index (χ2v) is 5.00. The van der Waals surface area contributed by atoms with Crippen LogP contribution in [0.1, 0.15) is 41.0 Å². The highest BCUT2D eigenvalue weighted by Crippen LogP contribution is 2.25. The minimum absolute atomic E-state index is 0.166. The SMILES string of the molecule is CCN(C)C(C)(C)C[C@H](C)[C@@H](C)C=O. The number of hydrogen-bond donors (Lipinski definition) is 0. The van der Waals surface area contributed by atoms with Crippen LogP contribution in [-0.2, 0) is 4.79 Å². The Bertz CT molecular complexity index is 177. The fourth-order valence-electron chi connectivity index (χ4n) is 1.69. The van der Waals surface area contributed by atoms with E-state index in [9.17, 15) is 4.79 Å². The Morgan fingerprint density at radius 2 is 1.86 bits per heavy atom. The van der Waals surface area contributed by atoms with Gasteiger partial charge in [0.15, 0.2) is 0 Å². The van der Waals surface area contributed by atoms with Crippen molar-refractivity contribution in [2.45, 2.75) is 46.6 Å². The molecular formula is C12H25NO. The molecule has 0 saturated carbocycles. The van der Waals surface area contributed by atoms with Gasteiger partial charge >= 0.3 is 0 Å². The molecule has 0 unspecified atom stereocenters. The van der Waals surface area contributed by atoms with Crippen LogP contribution in [0.5, 0.6) is 0 Å². The molecule has 0 aromatic rings. The number of aldehydes is 1. The molecule has 0 saturated heterocycles. The highest BCUT2D eigenvalue weighted by atomic mass is 16.1. The molecule has 2 atom stereocenters. The van der Waals surface area contributed by atoms with Gasteiger partial charge in [0.05, 0.1) is 0 Å². The normalized spacial score (nSPS) is 16.8. The monoisotopic (exact) mass is 199 g/mol. The van der Waals surface area contributed by atoms with Crippen LogP contribution in [0.2, 0.25) is 0 Å². The summed E-state index contributed by atoms with van der Waals surface area (Å²) in [6.45, 7) is 11.9. The summed E-state index contributed by atoms with van der Waals surface area (Å²) >= 11 is 0. The van der Waals surface area contributed by atoms with Crippen LogP contribution in [0.3, 0.4) is 0 Å². The van der Waals surface area contributed by atoms with Crippen molar-refractivity contribution >= 4 is 6.29 Å². The zero-order chi connectivity index (χ0) is 11.4. The average molecular weight is 199 g/mol. The molecule has 0 aromatic carbocycles. The lowest BCUT2D eigenvalue weighted by atomic mass is 9.84. The van der Waals surface area contributed by atoms with Crippen molar-refractivity contribution in [1.29, 1.82) is 0 Å². The first kappa shape index (κ1) is 13.6. The van der Waals surface area contributed by atoms with Gasteiger partial charge in [-0.05, 0) is 39.8 Å². The largest absolute Gasteiger partial charge is 0.303 e. The maximum atomic E-state index is 10.7. The quantitative estimate of drug-likeness (QED) is 0.613. The highest BCUT2D eigenvalue weighted by Gasteiger charge is 2.26. The molecule has 0 N–H and O–H groups in total. The highest BCUT2D eigenvalue weighted by molar-refractivity contribution is 5.53. The number of rotatable bonds is 6. The number of nitrogens with zero attached hydrogens (tertiary/aromatic N) is 1. The molecule has 14 heavy (non-hydrogen) atoms. The van der Waals surface area contributed by atoms with Gasteiger partial charge in [0.25, 0.3) is 0 Å². The van der Waals surface area contributed by atoms with Crippen molar-refractivity contribution in [2.75, 3.05) is 13.6 Å². The molecule has 0 aliphatic carbocycles. The van der Waals surface area contributed by atoms with Crippen molar-refractivity contribution in [3.05, 3.63) is 0 Å². The summed E-state index contributed by atoms with van der Waals surface area (Å²) in [4.78, 5) is 13.0. The van der Waals surface area contributed by atoms with E-state index in [2.05, 4.69) is 39.6 Å². The van der Waals surface area contributed by atoms with E-state index < -0.39 is 0 Å². The van der Waals surface area contributed by atoms with Crippen LogP contribution in [0.25, 0.3) is 0 Å². The summed E-state index contributed by atoms with van der Waals surface area (Å²) in [5.74, 6) is 0.621. The second kappa shape index (κ2) is 5.50. The van der Waals surface area contributed by atoms with Gasteiger partial charge < -0.3 is 9.69 Å². The first-order valence-electron chi connectivity index (χ1n) is 5.51. The Kier molecular flexibility index (Phi) is 5.35. The van der Waals surface area contributed by atoms with Crippen LogP contribution >= 0.6 is 0 Å². The van der Waals surface area contributed by atoms with E-state index >= 15 is 0 Å². The van der Waals surface area contributed by atoms with Crippen LogP contribution in [-0.4, -0.2) is 30.3 Å². The zero-order valence-corrected chi connectivity index (χ0v) is 10.5. The minimum Gasteiger partial charge on any atom is -0.303 e. The Morgan fingerprint density at radius 1 is 1.36 bits per heavy atom. The third kappa shape index (κ3) is 3.79. The summed E-state index contributed by atoms with van der Waals surface area (Å²) in [5, 5.41) is 0. The molecule has 0 fully saturated rings. The topological polar surface area (TPSA) is 20.3 Å². The van der Waals surface area contributed by atoms with Crippen LogP contribution in [0, 0.1) is 11.8 Å². The number of carbonyl (C=O) groups excluding carboxylic acids is 1. The van der Waals surface area contributed by atoms with E-state index in [0.29, 0.717) is 5.92 Å². The second-order valence-electron chi connectivity index (χ2n) is 5.00. The molecule has 0 aromatic heterocycles. The maximum Gasteiger partial charge on any atom is 0.123 e. The van der Waals surface area contributed by atoms with E-state index in [-0.39, 0.29) is 11.5 Å². The van der Waals surface area contributed by atoms with E-state index in [1.807, 2.05) is 6.92 Å². The third-order valence-corrected chi connectivity index (χ3v) is 3.44. The van der Waals surface area contributed by atoms with Gasteiger partial charge in [-0.2, -0.15) is 0 Å². The number of hydrogen-bond acceptors (Lipinski definition) is 2. The van der Waals surface area contributed by atoms with Gasteiger partial charge in [0, 0.05) is 11.5 Å². The van der Waals surface area contributed by atoms with Crippen LogP contribution < -0.4 is 0 Å². The molecule has 0 heterocycles. The Labute approximate surface area is 88.7 Å². The van der Waals surface area contributed by atoms with Gasteiger partial charge in [-0.15, -0.1) is 0 Å². The Balaban J connectivity index is 4.27. The van der Waals surface area contributed by atoms with Gasteiger partial charge in [0.2, 0.25) is 0 Å². The van der Waals surface area contributed by atoms with Crippen molar-refractivity contribution in [3.8, 4) is 0 Å². The van der Waals surface area contributed by atoms with Crippen molar-refractivity contribution in [3.63, 3.8) is 0 Å². The van der Waals surface area contributed by atoms with E-state index in [1.54, 1.807) is 0 Å². The van der Waals surface area contributed by atoms with Crippen molar-refractivity contribution < 1.29 is 4.79 Å². The Morgan fingerprint density at radius 3 is 2.21 bits per heavy atom. The van der Waals surface area contributed by atoms with Crippen LogP contribution in [0.15, 0.2) is 0 Å². The van der Waals surface area contributed by atoms with Gasteiger partial charge in [-0.3, -0.25) is 0 Å². The van der Waals surface area contributed by atoms with E-state index in [4.69, 9.17) is 0 Å². The summed E-state index contributed by atoms with van der Waals surface area (Å²) in [5.41, 5.74) is 0.186. The maximum absolute atomic E-state index is 10.7. The fourth-order valence-corrected chi connectivity index (χ4v) is 1.69. The molecule has 2 nitrogen and oxygen atoms in total. The lowest BCUT2D eigenvalue weighted by Crippen LogP contribution is -2.42. The molecule has 0 aliphatic rings. The number of carbonyl (C=O) groups is 1. The Hall–Kier alpha value is -0.370. The smallest absolute Gasteiger partial charge is 0.123 e. The molecule has 84 valence electrons. The third-order valence-electron chi connectivity index (χ3n) is 3.44. The predicted octanol–water partition coefficient (Wildman–Crippen LogP) is 2.58. The molecular weight excluding hydrogens is 174 g/mol. The first-order valence-corrected chi connectivity index (χ1v) is 5.51.